The monoisotopic (exact) mass is 420 g/mol. The summed E-state index contributed by atoms with van der Waals surface area (Å²) in [6, 6.07) is 13.7. The van der Waals surface area contributed by atoms with Gasteiger partial charge in [0, 0.05) is 30.8 Å². The van der Waals surface area contributed by atoms with Gasteiger partial charge in [-0.1, -0.05) is 18.2 Å². The number of amides is 1. The molecule has 1 heterocycles. The third-order valence-electron chi connectivity index (χ3n) is 4.38. The number of hydrogen-bond donors (Lipinski definition) is 0. The van der Waals surface area contributed by atoms with Gasteiger partial charge in [-0.05, 0) is 42.5 Å². The van der Waals surface area contributed by atoms with E-state index in [2.05, 4.69) is 0 Å². The minimum absolute atomic E-state index is 0.0728. The molecule has 0 saturated carbocycles. The molecule has 1 amide bonds. The normalized spacial score (nSPS) is 18.3. The van der Waals surface area contributed by atoms with Crippen LogP contribution in [0.1, 0.15) is 10.4 Å². The minimum atomic E-state index is -3.60. The molecule has 9 heteroatoms. The van der Waals surface area contributed by atoms with E-state index in [4.69, 9.17) is 0 Å². The highest BCUT2D eigenvalue weighted by Gasteiger charge is 2.32. The van der Waals surface area contributed by atoms with Gasteiger partial charge in [-0.15, -0.1) is 0 Å². The zero-order valence-electron chi connectivity index (χ0n) is 15.4. The van der Waals surface area contributed by atoms with Crippen LogP contribution < -0.4 is 4.90 Å². The molecule has 28 heavy (non-hydrogen) atoms. The maximum absolute atomic E-state index is 13.2. The topological polar surface area (TPSA) is 91.8 Å². The molecule has 0 N–H and O–H groups in total. The molecule has 0 saturated heterocycles. The van der Waals surface area contributed by atoms with Gasteiger partial charge in [0.2, 0.25) is 10.0 Å². The van der Waals surface area contributed by atoms with Crippen molar-refractivity contribution in [3.8, 4) is 0 Å². The van der Waals surface area contributed by atoms with Crippen LogP contribution in [0.25, 0.3) is 0 Å². The summed E-state index contributed by atoms with van der Waals surface area (Å²) in [6.45, 7) is 0. The lowest BCUT2D eigenvalue weighted by atomic mass is 10.1. The van der Waals surface area contributed by atoms with Crippen LogP contribution in [-0.2, 0) is 19.9 Å². The summed E-state index contributed by atoms with van der Waals surface area (Å²) in [7, 11) is -4.11. The van der Waals surface area contributed by atoms with Crippen LogP contribution in [0.4, 0.5) is 5.69 Å². The van der Waals surface area contributed by atoms with E-state index < -0.39 is 31.8 Å². The predicted octanol–water partition coefficient (Wildman–Crippen LogP) is 1.89. The Bertz CT molecular complexity index is 1110. The zero-order valence-corrected chi connectivity index (χ0v) is 17.0. The molecule has 2 aromatic rings. The third-order valence-corrected chi connectivity index (χ3v) is 7.58. The lowest BCUT2D eigenvalue weighted by Gasteiger charge is -2.28. The first-order chi connectivity index (χ1) is 13.1. The van der Waals surface area contributed by atoms with E-state index in [9.17, 15) is 21.6 Å². The van der Waals surface area contributed by atoms with Crippen LogP contribution in [0.5, 0.6) is 0 Å². The van der Waals surface area contributed by atoms with Gasteiger partial charge in [0.05, 0.1) is 16.7 Å². The second kappa shape index (κ2) is 7.50. The van der Waals surface area contributed by atoms with Gasteiger partial charge in [-0.25, -0.2) is 21.1 Å². The van der Waals surface area contributed by atoms with Crippen molar-refractivity contribution in [3.63, 3.8) is 0 Å². The smallest absolute Gasteiger partial charge is 0.258 e. The summed E-state index contributed by atoms with van der Waals surface area (Å²) in [4.78, 5) is 14.7. The van der Waals surface area contributed by atoms with Crippen LogP contribution in [0, 0.1) is 0 Å². The Kier molecular flexibility index (Phi) is 5.42. The first-order valence-electron chi connectivity index (χ1n) is 8.44. The average Bonchev–Trinajstić information content (AvgIpc) is 3.02. The predicted molar refractivity (Wildman–Crippen MR) is 107 cm³/mol. The average molecular weight is 421 g/mol. The third kappa shape index (κ3) is 4.01. The first-order valence-corrected chi connectivity index (χ1v) is 11.6. The first kappa shape index (κ1) is 20.2. The maximum Gasteiger partial charge on any atom is 0.258 e. The van der Waals surface area contributed by atoms with Crippen molar-refractivity contribution in [3.05, 3.63) is 71.6 Å². The summed E-state index contributed by atoms with van der Waals surface area (Å²) in [5.41, 5.74) is 0.823. The lowest BCUT2D eigenvalue weighted by molar-refractivity contribution is 0.0983. The Balaban J connectivity index is 1.97. The van der Waals surface area contributed by atoms with E-state index in [-0.39, 0.29) is 16.2 Å². The second-order valence-electron chi connectivity index (χ2n) is 6.55. The number of sulfone groups is 1. The SMILES string of the molecule is CN(C)S(=O)(=O)c1ccc(C(=O)N(c2ccccc2)C2C=CS(=O)(=O)C2)cc1. The molecule has 2 aromatic carbocycles. The van der Waals surface area contributed by atoms with Crippen LogP contribution in [0.2, 0.25) is 0 Å². The van der Waals surface area contributed by atoms with Gasteiger partial charge in [0.15, 0.2) is 9.84 Å². The fraction of sp³-hybridized carbons (Fsp3) is 0.211. The summed E-state index contributed by atoms with van der Waals surface area (Å²) >= 11 is 0. The highest BCUT2D eigenvalue weighted by Crippen LogP contribution is 2.25. The van der Waals surface area contributed by atoms with Gasteiger partial charge in [-0.3, -0.25) is 4.79 Å². The summed E-state index contributed by atoms with van der Waals surface area (Å²) in [5.74, 6) is -0.604. The summed E-state index contributed by atoms with van der Waals surface area (Å²) in [5, 5.41) is 1.12. The van der Waals surface area contributed by atoms with E-state index in [1.807, 2.05) is 0 Å². The quantitative estimate of drug-likeness (QED) is 0.737. The minimum Gasteiger partial charge on any atom is -0.300 e. The fourth-order valence-corrected chi connectivity index (χ4v) is 5.06. The Morgan fingerprint density at radius 2 is 1.61 bits per heavy atom. The molecule has 1 atom stereocenters. The molecule has 7 nitrogen and oxygen atoms in total. The van der Waals surface area contributed by atoms with Crippen molar-refractivity contribution in [2.24, 2.45) is 0 Å². The number of benzene rings is 2. The molecule has 148 valence electrons. The fourth-order valence-electron chi connectivity index (χ4n) is 2.89. The number of rotatable bonds is 5. The lowest BCUT2D eigenvalue weighted by Crippen LogP contribution is -2.41. The molecule has 0 bridgehead atoms. The molecule has 1 unspecified atom stereocenters. The van der Waals surface area contributed by atoms with Crippen molar-refractivity contribution in [2.75, 3.05) is 24.7 Å². The second-order valence-corrected chi connectivity index (χ2v) is 10.6. The van der Waals surface area contributed by atoms with Crippen LogP contribution >= 0.6 is 0 Å². The number of anilines is 1. The molecule has 0 aliphatic carbocycles. The Morgan fingerprint density at radius 3 is 2.11 bits per heavy atom. The van der Waals surface area contributed by atoms with Gasteiger partial charge >= 0.3 is 0 Å². The van der Waals surface area contributed by atoms with Crippen molar-refractivity contribution < 1.29 is 21.6 Å². The molecule has 0 spiro atoms. The number of carbonyl (C=O) groups is 1. The molecule has 0 radical (unpaired) electrons. The van der Waals surface area contributed by atoms with E-state index in [0.717, 1.165) is 9.71 Å². The van der Waals surface area contributed by atoms with Crippen LogP contribution in [-0.4, -0.2) is 52.9 Å². The summed E-state index contributed by atoms with van der Waals surface area (Å²) < 4.78 is 49.2. The highest BCUT2D eigenvalue weighted by molar-refractivity contribution is 7.94. The Hall–Kier alpha value is -2.49. The van der Waals surface area contributed by atoms with Crippen molar-refractivity contribution in [1.82, 2.24) is 4.31 Å². The van der Waals surface area contributed by atoms with Gasteiger partial charge in [-0.2, -0.15) is 0 Å². The van der Waals surface area contributed by atoms with Crippen molar-refractivity contribution in [2.45, 2.75) is 10.9 Å². The Labute approximate surface area is 164 Å². The van der Waals surface area contributed by atoms with E-state index >= 15 is 0 Å². The number of sulfonamides is 1. The van der Waals surface area contributed by atoms with E-state index in [0.29, 0.717) is 5.69 Å². The standard InChI is InChI=1S/C19H20N2O5S2/c1-20(2)28(25,26)18-10-8-15(9-11-18)19(22)21(16-6-4-3-5-7-16)17-12-13-27(23,24)14-17/h3-13,17H,14H2,1-2H3. The van der Waals surface area contributed by atoms with Gasteiger partial charge < -0.3 is 4.90 Å². The molecule has 1 aliphatic heterocycles. The molecule has 1 aliphatic rings. The Morgan fingerprint density at radius 1 is 1.00 bits per heavy atom. The molecule has 3 rings (SSSR count). The van der Waals surface area contributed by atoms with Crippen molar-refractivity contribution >= 4 is 31.5 Å². The molecule has 0 aromatic heterocycles. The highest BCUT2D eigenvalue weighted by atomic mass is 32.2. The van der Waals surface area contributed by atoms with Crippen molar-refractivity contribution in [1.29, 1.82) is 0 Å². The van der Waals surface area contributed by atoms with Crippen LogP contribution in [0.3, 0.4) is 0 Å². The zero-order chi connectivity index (χ0) is 20.5. The van der Waals surface area contributed by atoms with Crippen LogP contribution in [0.15, 0.2) is 71.0 Å². The number of nitrogens with zero attached hydrogens (tertiary/aromatic N) is 2. The molecule has 0 fully saturated rings. The van der Waals surface area contributed by atoms with E-state index in [1.165, 1.54) is 49.3 Å². The van der Waals surface area contributed by atoms with Gasteiger partial charge in [0.25, 0.3) is 5.91 Å². The molecular formula is C19H20N2O5S2. The summed E-state index contributed by atoms with van der Waals surface area (Å²) in [6.07, 6.45) is 1.49. The maximum atomic E-state index is 13.2. The largest absolute Gasteiger partial charge is 0.300 e. The van der Waals surface area contributed by atoms with Gasteiger partial charge in [0.1, 0.15) is 0 Å². The van der Waals surface area contributed by atoms with E-state index in [1.54, 1.807) is 30.3 Å². The molecular weight excluding hydrogens is 400 g/mol. The number of carbonyl (C=O) groups excluding carboxylic acids is 1. The number of para-hydroxylation sites is 1. The number of hydrogen-bond acceptors (Lipinski definition) is 5.